The molecule has 0 bridgehead atoms. The number of anilines is 1. The lowest BCUT2D eigenvalue weighted by molar-refractivity contribution is 0.472. The van der Waals surface area contributed by atoms with Crippen molar-refractivity contribution < 1.29 is 13.5 Å². The van der Waals surface area contributed by atoms with Crippen molar-refractivity contribution in [2.24, 2.45) is 0 Å². The van der Waals surface area contributed by atoms with E-state index in [1.165, 1.54) is 0 Å². The van der Waals surface area contributed by atoms with E-state index in [-0.39, 0.29) is 11.4 Å². The third kappa shape index (κ3) is 2.65. The monoisotopic (exact) mass is 255 g/mol. The molecule has 0 saturated carbocycles. The summed E-state index contributed by atoms with van der Waals surface area (Å²) in [6.07, 6.45) is 0. The molecule has 0 heterocycles. The van der Waals surface area contributed by atoms with Crippen molar-refractivity contribution in [3.63, 3.8) is 0 Å². The van der Waals surface area contributed by atoms with Gasteiger partial charge in [0, 0.05) is 17.2 Å². The average Bonchev–Trinajstić information content (AvgIpc) is 2.28. The van der Waals surface area contributed by atoms with Crippen LogP contribution >= 0.6 is 11.6 Å². The molecule has 0 aromatic heterocycles. The third-order valence-electron chi connectivity index (χ3n) is 2.10. The fourth-order valence-electron chi connectivity index (χ4n) is 1.28. The normalized spacial score (nSPS) is 10.3. The number of hydrogen-bond acceptors (Lipinski definition) is 2. The summed E-state index contributed by atoms with van der Waals surface area (Å²) in [7, 11) is 0. The van der Waals surface area contributed by atoms with Crippen molar-refractivity contribution in [1.29, 1.82) is 0 Å². The van der Waals surface area contributed by atoms with Crippen molar-refractivity contribution >= 4 is 17.3 Å². The van der Waals surface area contributed by atoms with Crippen molar-refractivity contribution in [2.75, 3.05) is 5.73 Å². The predicted octanol–water partition coefficient (Wildman–Crippen LogP) is 3.99. The van der Waals surface area contributed by atoms with Gasteiger partial charge in [-0.25, -0.2) is 8.78 Å². The molecule has 0 aliphatic heterocycles. The Morgan fingerprint density at radius 2 is 1.71 bits per heavy atom. The molecule has 0 aliphatic rings. The van der Waals surface area contributed by atoms with Crippen molar-refractivity contribution in [1.82, 2.24) is 0 Å². The van der Waals surface area contributed by atoms with Gasteiger partial charge in [0.15, 0.2) is 11.6 Å². The molecule has 2 rings (SSSR count). The van der Waals surface area contributed by atoms with E-state index in [1.807, 2.05) is 0 Å². The van der Waals surface area contributed by atoms with E-state index < -0.39 is 11.6 Å². The van der Waals surface area contributed by atoms with Gasteiger partial charge in [0.05, 0.1) is 0 Å². The van der Waals surface area contributed by atoms with E-state index in [9.17, 15) is 8.78 Å². The van der Waals surface area contributed by atoms with Crippen molar-refractivity contribution in [3.8, 4) is 11.5 Å². The lowest BCUT2D eigenvalue weighted by Gasteiger charge is -2.09. The van der Waals surface area contributed by atoms with Crippen LogP contribution in [0.1, 0.15) is 0 Å². The molecule has 17 heavy (non-hydrogen) atoms. The largest absolute Gasteiger partial charge is 0.455 e. The fourth-order valence-corrected chi connectivity index (χ4v) is 1.40. The molecule has 2 aromatic carbocycles. The Bertz CT molecular complexity index is 543. The van der Waals surface area contributed by atoms with E-state index >= 15 is 0 Å². The Balaban J connectivity index is 2.32. The van der Waals surface area contributed by atoms with Crippen LogP contribution < -0.4 is 10.5 Å². The van der Waals surface area contributed by atoms with Gasteiger partial charge in [-0.2, -0.15) is 0 Å². The summed E-state index contributed by atoms with van der Waals surface area (Å²) < 4.78 is 31.4. The Kier molecular flexibility index (Phi) is 3.15. The quantitative estimate of drug-likeness (QED) is 0.824. The first-order chi connectivity index (χ1) is 8.06. The van der Waals surface area contributed by atoms with Gasteiger partial charge in [-0.1, -0.05) is 11.6 Å². The molecule has 88 valence electrons. The van der Waals surface area contributed by atoms with Gasteiger partial charge >= 0.3 is 0 Å². The second-order valence-corrected chi connectivity index (χ2v) is 3.79. The molecule has 0 radical (unpaired) electrons. The van der Waals surface area contributed by atoms with Gasteiger partial charge in [-0.3, -0.25) is 0 Å². The molecule has 0 amide bonds. The number of benzene rings is 2. The van der Waals surface area contributed by atoms with Crippen LogP contribution in [0, 0.1) is 11.6 Å². The van der Waals surface area contributed by atoms with Crippen LogP contribution in [0.2, 0.25) is 5.02 Å². The number of nitrogens with two attached hydrogens (primary N) is 1. The third-order valence-corrected chi connectivity index (χ3v) is 2.35. The Hall–Kier alpha value is -1.81. The molecule has 2 nitrogen and oxygen atoms in total. The molecule has 5 heteroatoms. The van der Waals surface area contributed by atoms with Crippen LogP contribution in [0.4, 0.5) is 14.5 Å². The van der Waals surface area contributed by atoms with Crippen LogP contribution in [-0.4, -0.2) is 0 Å². The molecule has 0 unspecified atom stereocenters. The summed E-state index contributed by atoms with van der Waals surface area (Å²) in [5, 5.41) is 0.538. The Labute approximate surface area is 102 Å². The SMILES string of the molecule is Nc1c(F)cc(F)cc1Oc1ccc(Cl)cc1. The van der Waals surface area contributed by atoms with E-state index in [0.29, 0.717) is 16.8 Å². The van der Waals surface area contributed by atoms with Gasteiger partial charge in [0.2, 0.25) is 0 Å². The summed E-state index contributed by atoms with van der Waals surface area (Å²) in [5.41, 5.74) is 5.20. The minimum absolute atomic E-state index is 0.0650. The second-order valence-electron chi connectivity index (χ2n) is 3.36. The highest BCUT2D eigenvalue weighted by molar-refractivity contribution is 6.30. The number of ether oxygens (including phenoxy) is 1. The molecule has 0 aliphatic carbocycles. The molecule has 0 fully saturated rings. The highest BCUT2D eigenvalue weighted by Gasteiger charge is 2.10. The van der Waals surface area contributed by atoms with E-state index in [0.717, 1.165) is 6.07 Å². The second kappa shape index (κ2) is 4.59. The number of nitrogen functional groups attached to an aromatic ring is 1. The number of hydrogen-bond donors (Lipinski definition) is 1. The fraction of sp³-hybridized carbons (Fsp3) is 0. The maximum absolute atomic E-state index is 13.1. The molecule has 0 atom stereocenters. The Morgan fingerprint density at radius 1 is 1.06 bits per heavy atom. The van der Waals surface area contributed by atoms with Gasteiger partial charge in [-0.15, -0.1) is 0 Å². The summed E-state index contributed by atoms with van der Waals surface area (Å²) in [6.45, 7) is 0. The highest BCUT2D eigenvalue weighted by Crippen LogP contribution is 2.30. The number of halogens is 3. The van der Waals surface area contributed by atoms with Gasteiger partial charge < -0.3 is 10.5 Å². The van der Waals surface area contributed by atoms with Crippen LogP contribution in [0.25, 0.3) is 0 Å². The van der Waals surface area contributed by atoms with Crippen molar-refractivity contribution in [3.05, 3.63) is 53.1 Å². The van der Waals surface area contributed by atoms with Gasteiger partial charge in [-0.05, 0) is 24.3 Å². The standard InChI is InChI=1S/C12H8ClF2NO/c13-7-1-3-9(4-2-7)17-11-6-8(14)5-10(15)12(11)16/h1-6H,16H2. The van der Waals surface area contributed by atoms with E-state index in [4.69, 9.17) is 22.1 Å². The predicted molar refractivity (Wildman–Crippen MR) is 62.3 cm³/mol. The summed E-state index contributed by atoms with van der Waals surface area (Å²) in [6, 6.07) is 8.07. The molecule has 2 aromatic rings. The molecular weight excluding hydrogens is 248 g/mol. The molecule has 2 N–H and O–H groups in total. The lowest BCUT2D eigenvalue weighted by atomic mass is 10.2. The van der Waals surface area contributed by atoms with Crippen LogP contribution in [0.15, 0.2) is 36.4 Å². The smallest absolute Gasteiger partial charge is 0.156 e. The van der Waals surface area contributed by atoms with Crippen LogP contribution in [0.3, 0.4) is 0 Å². The average molecular weight is 256 g/mol. The summed E-state index contributed by atoms with van der Waals surface area (Å²) in [4.78, 5) is 0. The first-order valence-corrected chi connectivity index (χ1v) is 5.12. The maximum Gasteiger partial charge on any atom is 0.156 e. The zero-order chi connectivity index (χ0) is 12.4. The van der Waals surface area contributed by atoms with Gasteiger partial charge in [0.1, 0.15) is 17.3 Å². The number of rotatable bonds is 2. The molecular formula is C12H8ClF2NO. The first-order valence-electron chi connectivity index (χ1n) is 4.74. The summed E-state index contributed by atoms with van der Waals surface area (Å²) >= 11 is 5.70. The van der Waals surface area contributed by atoms with Crippen LogP contribution in [0.5, 0.6) is 11.5 Å². The highest BCUT2D eigenvalue weighted by atomic mass is 35.5. The topological polar surface area (TPSA) is 35.2 Å². The lowest BCUT2D eigenvalue weighted by Crippen LogP contribution is -1.97. The molecule has 0 spiro atoms. The van der Waals surface area contributed by atoms with Crippen LogP contribution in [-0.2, 0) is 0 Å². The van der Waals surface area contributed by atoms with E-state index in [2.05, 4.69) is 0 Å². The van der Waals surface area contributed by atoms with E-state index in [1.54, 1.807) is 24.3 Å². The minimum Gasteiger partial charge on any atom is -0.455 e. The molecule has 0 saturated heterocycles. The maximum atomic E-state index is 13.1. The summed E-state index contributed by atoms with van der Waals surface area (Å²) in [5.74, 6) is -1.27. The first kappa shape index (κ1) is 11.7. The minimum atomic E-state index is -0.853. The Morgan fingerprint density at radius 3 is 2.35 bits per heavy atom. The van der Waals surface area contributed by atoms with Crippen molar-refractivity contribution in [2.45, 2.75) is 0 Å². The van der Waals surface area contributed by atoms with Gasteiger partial charge in [0.25, 0.3) is 0 Å². The zero-order valence-electron chi connectivity index (χ0n) is 8.58. The zero-order valence-corrected chi connectivity index (χ0v) is 9.34.